The second-order valence-electron chi connectivity index (χ2n) is 4.60. The highest BCUT2D eigenvalue weighted by atomic mass is 35.5. The first-order valence-electron chi connectivity index (χ1n) is 5.86. The minimum Gasteiger partial charge on any atom is -0.399 e. The number of rotatable bonds is 4. The lowest BCUT2D eigenvalue weighted by Gasteiger charge is -2.09. The molecule has 0 atom stereocenters. The molecule has 20 heavy (non-hydrogen) atoms. The van der Waals surface area contributed by atoms with Gasteiger partial charge in [-0.25, -0.2) is 0 Å². The molecule has 1 aromatic carbocycles. The minimum absolute atomic E-state index is 0. The van der Waals surface area contributed by atoms with E-state index >= 15 is 0 Å². The number of likely N-dealkylation sites (N-methyl/N-ethyl adjacent to an activating group) is 1. The van der Waals surface area contributed by atoms with Gasteiger partial charge in [-0.3, -0.25) is 14.6 Å². The first-order valence-corrected chi connectivity index (χ1v) is 5.86. The van der Waals surface area contributed by atoms with Crippen molar-refractivity contribution in [3.8, 4) is 11.1 Å². The van der Waals surface area contributed by atoms with E-state index in [0.717, 1.165) is 18.7 Å². The molecule has 2 rings (SSSR count). The summed E-state index contributed by atoms with van der Waals surface area (Å²) >= 11 is 0. The van der Waals surface area contributed by atoms with E-state index in [0.29, 0.717) is 11.3 Å². The fraction of sp³-hybridized carbons (Fsp3) is 0.308. The number of benzene rings is 1. The highest BCUT2D eigenvalue weighted by Crippen LogP contribution is 2.16. The summed E-state index contributed by atoms with van der Waals surface area (Å²) in [5.41, 5.74) is 7.82. The third-order valence-electron chi connectivity index (χ3n) is 2.78. The van der Waals surface area contributed by atoms with Crippen LogP contribution in [0.2, 0.25) is 0 Å². The predicted octanol–water partition coefficient (Wildman–Crippen LogP) is 1.83. The zero-order chi connectivity index (χ0) is 13.1. The van der Waals surface area contributed by atoms with Gasteiger partial charge in [-0.15, -0.1) is 24.8 Å². The van der Waals surface area contributed by atoms with Crippen molar-refractivity contribution in [3.05, 3.63) is 40.8 Å². The van der Waals surface area contributed by atoms with Crippen LogP contribution in [0.5, 0.6) is 0 Å². The standard InChI is InChI=1S/C13H18N4O.2ClH/c1-16(2)7-8-17-9-12(13(18)15-17)10-3-5-11(14)6-4-10;;/h3-6,9H,7-8,14H2,1-2H3,(H,15,18);2*1H. The van der Waals surface area contributed by atoms with Gasteiger partial charge in [0, 0.05) is 18.4 Å². The Bertz CT molecular complexity index is 575. The molecule has 0 spiro atoms. The number of aromatic amines is 1. The number of hydrogen-bond acceptors (Lipinski definition) is 3. The van der Waals surface area contributed by atoms with Gasteiger partial charge in [0.25, 0.3) is 5.56 Å². The quantitative estimate of drug-likeness (QED) is 0.845. The number of nitrogens with one attached hydrogen (secondary N) is 1. The largest absolute Gasteiger partial charge is 0.399 e. The molecule has 2 aromatic rings. The van der Waals surface area contributed by atoms with Crippen molar-refractivity contribution in [2.24, 2.45) is 0 Å². The van der Waals surface area contributed by atoms with E-state index in [-0.39, 0.29) is 30.4 Å². The zero-order valence-corrected chi connectivity index (χ0v) is 13.1. The summed E-state index contributed by atoms with van der Waals surface area (Å²) in [6.45, 7) is 1.64. The summed E-state index contributed by atoms with van der Waals surface area (Å²) in [6, 6.07) is 7.31. The Morgan fingerprint density at radius 2 is 1.80 bits per heavy atom. The average molecular weight is 319 g/mol. The Balaban J connectivity index is 0.00000180. The molecule has 7 heteroatoms. The van der Waals surface area contributed by atoms with Gasteiger partial charge in [0.15, 0.2) is 0 Å². The molecule has 112 valence electrons. The van der Waals surface area contributed by atoms with Crippen LogP contribution in [0.1, 0.15) is 0 Å². The number of hydrogen-bond donors (Lipinski definition) is 2. The van der Waals surface area contributed by atoms with Gasteiger partial charge in [-0.2, -0.15) is 0 Å². The maximum atomic E-state index is 11.8. The van der Waals surface area contributed by atoms with Crippen molar-refractivity contribution in [1.29, 1.82) is 0 Å². The van der Waals surface area contributed by atoms with Crippen LogP contribution in [0.15, 0.2) is 35.3 Å². The molecular weight excluding hydrogens is 299 g/mol. The van der Waals surface area contributed by atoms with Crippen LogP contribution in [0.4, 0.5) is 5.69 Å². The normalized spacial score (nSPS) is 9.95. The molecule has 0 aliphatic carbocycles. The summed E-state index contributed by atoms with van der Waals surface area (Å²) in [4.78, 5) is 13.9. The molecule has 0 fully saturated rings. The fourth-order valence-electron chi connectivity index (χ4n) is 1.73. The lowest BCUT2D eigenvalue weighted by atomic mass is 10.1. The molecule has 0 radical (unpaired) electrons. The maximum absolute atomic E-state index is 11.8. The Kier molecular flexibility index (Phi) is 7.42. The van der Waals surface area contributed by atoms with Crippen LogP contribution in [0, 0.1) is 0 Å². The monoisotopic (exact) mass is 318 g/mol. The third-order valence-corrected chi connectivity index (χ3v) is 2.78. The number of nitrogens with two attached hydrogens (primary N) is 1. The van der Waals surface area contributed by atoms with Crippen molar-refractivity contribution in [2.75, 3.05) is 26.4 Å². The van der Waals surface area contributed by atoms with E-state index in [4.69, 9.17) is 5.73 Å². The molecule has 0 saturated carbocycles. The first-order chi connectivity index (χ1) is 8.56. The van der Waals surface area contributed by atoms with Gasteiger partial charge >= 0.3 is 0 Å². The van der Waals surface area contributed by atoms with E-state index in [9.17, 15) is 4.79 Å². The van der Waals surface area contributed by atoms with Crippen LogP contribution in [0.3, 0.4) is 0 Å². The molecule has 0 aliphatic rings. The van der Waals surface area contributed by atoms with Gasteiger partial charge in [0.2, 0.25) is 0 Å². The van der Waals surface area contributed by atoms with E-state index in [2.05, 4.69) is 10.00 Å². The first kappa shape index (κ1) is 18.6. The number of halogens is 2. The topological polar surface area (TPSA) is 67.0 Å². The van der Waals surface area contributed by atoms with E-state index in [1.807, 2.05) is 37.1 Å². The third kappa shape index (κ3) is 4.59. The van der Waals surface area contributed by atoms with Crippen LogP contribution in [0.25, 0.3) is 11.1 Å². The Morgan fingerprint density at radius 1 is 1.20 bits per heavy atom. The molecule has 1 aromatic heterocycles. The minimum atomic E-state index is -0.0708. The van der Waals surface area contributed by atoms with Gasteiger partial charge in [0.1, 0.15) is 0 Å². The molecule has 0 unspecified atom stereocenters. The molecule has 1 heterocycles. The Morgan fingerprint density at radius 3 is 2.35 bits per heavy atom. The number of nitrogen functional groups attached to an aromatic ring is 1. The summed E-state index contributed by atoms with van der Waals surface area (Å²) in [5, 5.41) is 2.82. The molecule has 3 N–H and O–H groups in total. The van der Waals surface area contributed by atoms with Crippen LogP contribution in [-0.2, 0) is 6.54 Å². The van der Waals surface area contributed by atoms with Crippen molar-refractivity contribution in [2.45, 2.75) is 6.54 Å². The Labute approximate surface area is 130 Å². The van der Waals surface area contributed by atoms with E-state index in [1.54, 1.807) is 12.1 Å². The van der Waals surface area contributed by atoms with Gasteiger partial charge in [-0.1, -0.05) is 12.1 Å². The molecule has 5 nitrogen and oxygen atoms in total. The number of nitrogens with zero attached hydrogens (tertiary/aromatic N) is 2. The number of H-pyrrole nitrogens is 1. The summed E-state index contributed by atoms with van der Waals surface area (Å²) in [7, 11) is 4.00. The average Bonchev–Trinajstić information content (AvgIpc) is 2.69. The van der Waals surface area contributed by atoms with Gasteiger partial charge < -0.3 is 10.6 Å². The second-order valence-corrected chi connectivity index (χ2v) is 4.60. The Hall–Kier alpha value is -1.43. The van der Waals surface area contributed by atoms with Crippen molar-refractivity contribution >= 4 is 30.5 Å². The molecule has 0 aliphatic heterocycles. The van der Waals surface area contributed by atoms with Crippen molar-refractivity contribution in [1.82, 2.24) is 14.7 Å². The predicted molar refractivity (Wildman–Crippen MR) is 88.0 cm³/mol. The lowest BCUT2D eigenvalue weighted by Crippen LogP contribution is -2.19. The number of anilines is 1. The SMILES string of the molecule is CN(C)CCn1cc(-c2ccc(N)cc2)c(=O)[nH]1.Cl.Cl. The van der Waals surface area contributed by atoms with Crippen molar-refractivity contribution < 1.29 is 0 Å². The summed E-state index contributed by atoms with van der Waals surface area (Å²) in [5.74, 6) is 0. The smallest absolute Gasteiger partial charge is 0.271 e. The van der Waals surface area contributed by atoms with Crippen LogP contribution >= 0.6 is 24.8 Å². The van der Waals surface area contributed by atoms with Crippen LogP contribution < -0.4 is 11.3 Å². The highest BCUT2D eigenvalue weighted by molar-refractivity contribution is 5.85. The zero-order valence-electron chi connectivity index (χ0n) is 11.5. The lowest BCUT2D eigenvalue weighted by molar-refractivity contribution is 0.372. The highest BCUT2D eigenvalue weighted by Gasteiger charge is 2.06. The number of aromatic nitrogens is 2. The summed E-state index contributed by atoms with van der Waals surface area (Å²) < 4.78 is 1.81. The summed E-state index contributed by atoms with van der Waals surface area (Å²) in [6.07, 6.45) is 1.84. The van der Waals surface area contributed by atoms with Gasteiger partial charge in [0.05, 0.1) is 12.1 Å². The van der Waals surface area contributed by atoms with E-state index in [1.165, 1.54) is 0 Å². The molecule has 0 bridgehead atoms. The van der Waals surface area contributed by atoms with Gasteiger partial charge in [-0.05, 0) is 31.8 Å². The second kappa shape index (κ2) is 7.99. The molecular formula is C13H20Cl2N4O. The maximum Gasteiger partial charge on any atom is 0.271 e. The van der Waals surface area contributed by atoms with Crippen molar-refractivity contribution in [3.63, 3.8) is 0 Å². The molecule has 0 saturated heterocycles. The van der Waals surface area contributed by atoms with E-state index < -0.39 is 0 Å². The van der Waals surface area contributed by atoms with Crippen LogP contribution in [-0.4, -0.2) is 35.3 Å². The molecule has 0 amide bonds. The fourth-order valence-corrected chi connectivity index (χ4v) is 1.73.